The molecule has 0 atom stereocenters. The lowest BCUT2D eigenvalue weighted by Crippen LogP contribution is -2.19. The molecule has 0 aliphatic carbocycles. The van der Waals surface area contributed by atoms with Crippen molar-refractivity contribution in [3.63, 3.8) is 0 Å². The van der Waals surface area contributed by atoms with E-state index in [9.17, 15) is 4.79 Å². The fourth-order valence-corrected chi connectivity index (χ4v) is 4.10. The van der Waals surface area contributed by atoms with E-state index in [4.69, 9.17) is 0 Å². The first-order valence-corrected chi connectivity index (χ1v) is 9.80. The number of anilines is 2. The molecule has 3 aromatic rings. The first-order chi connectivity index (χ1) is 13.5. The van der Waals surface area contributed by atoms with Crippen molar-refractivity contribution in [1.82, 2.24) is 14.3 Å². The molecular formula is C22H27N5O. The molecule has 1 N–H and O–H groups in total. The molecule has 28 heavy (non-hydrogen) atoms. The molecule has 0 saturated carbocycles. The summed E-state index contributed by atoms with van der Waals surface area (Å²) < 4.78 is 3.81. The van der Waals surface area contributed by atoms with Crippen molar-refractivity contribution in [2.75, 3.05) is 23.3 Å². The summed E-state index contributed by atoms with van der Waals surface area (Å²) in [7, 11) is 1.86. The maximum atomic E-state index is 13.0. The van der Waals surface area contributed by atoms with Gasteiger partial charge in [0, 0.05) is 42.9 Å². The molecule has 2 aromatic heterocycles. The van der Waals surface area contributed by atoms with Gasteiger partial charge < -0.3 is 14.8 Å². The Bertz CT molecular complexity index is 1000. The topological polar surface area (TPSA) is 55.1 Å². The van der Waals surface area contributed by atoms with Crippen LogP contribution in [0.1, 0.15) is 40.2 Å². The van der Waals surface area contributed by atoms with Gasteiger partial charge in [-0.05, 0) is 69.5 Å². The fraction of sp³-hybridized carbons (Fsp3) is 0.364. The van der Waals surface area contributed by atoms with E-state index in [1.54, 1.807) is 10.9 Å². The highest BCUT2D eigenvalue weighted by atomic mass is 16.1. The van der Waals surface area contributed by atoms with Gasteiger partial charge in [-0.1, -0.05) is 0 Å². The van der Waals surface area contributed by atoms with E-state index in [-0.39, 0.29) is 5.91 Å². The van der Waals surface area contributed by atoms with E-state index in [1.807, 2.05) is 45.2 Å². The Kier molecular flexibility index (Phi) is 4.71. The van der Waals surface area contributed by atoms with Gasteiger partial charge in [-0.15, -0.1) is 0 Å². The first kappa shape index (κ1) is 18.3. The van der Waals surface area contributed by atoms with Crippen LogP contribution in [0.25, 0.3) is 5.82 Å². The van der Waals surface area contributed by atoms with E-state index in [0.717, 1.165) is 36.0 Å². The van der Waals surface area contributed by atoms with Crippen molar-refractivity contribution >= 4 is 17.3 Å². The van der Waals surface area contributed by atoms with Crippen LogP contribution in [0.4, 0.5) is 11.4 Å². The van der Waals surface area contributed by atoms with E-state index in [1.165, 1.54) is 24.1 Å². The minimum Gasteiger partial charge on any atom is -0.371 e. The predicted molar refractivity (Wildman–Crippen MR) is 113 cm³/mol. The third kappa shape index (κ3) is 3.19. The molecule has 0 unspecified atom stereocenters. The maximum absolute atomic E-state index is 13.0. The van der Waals surface area contributed by atoms with Crippen molar-refractivity contribution in [3.8, 4) is 5.82 Å². The van der Waals surface area contributed by atoms with Crippen LogP contribution in [0.2, 0.25) is 0 Å². The number of hydrogen-bond acceptors (Lipinski definition) is 3. The van der Waals surface area contributed by atoms with E-state index in [0.29, 0.717) is 5.56 Å². The largest absolute Gasteiger partial charge is 0.371 e. The number of benzene rings is 1. The Labute approximate surface area is 165 Å². The van der Waals surface area contributed by atoms with Gasteiger partial charge in [0.15, 0.2) is 0 Å². The minimum absolute atomic E-state index is 0.149. The summed E-state index contributed by atoms with van der Waals surface area (Å²) in [6.45, 7) is 8.39. The van der Waals surface area contributed by atoms with Crippen LogP contribution >= 0.6 is 0 Å². The summed E-state index contributed by atoms with van der Waals surface area (Å²) in [5.41, 5.74) is 5.95. The number of nitrogens with zero attached hydrogens (tertiary/aromatic N) is 4. The summed E-state index contributed by atoms with van der Waals surface area (Å²) in [6, 6.07) is 10.2. The van der Waals surface area contributed by atoms with Crippen LogP contribution in [-0.4, -0.2) is 33.3 Å². The molecule has 0 radical (unpaired) electrons. The van der Waals surface area contributed by atoms with E-state index >= 15 is 0 Å². The molecule has 6 nitrogen and oxygen atoms in total. The number of nitrogens with one attached hydrogen (secondary N) is 1. The third-order valence-electron chi connectivity index (χ3n) is 5.54. The highest BCUT2D eigenvalue weighted by Gasteiger charge is 2.20. The van der Waals surface area contributed by atoms with Gasteiger partial charge in [-0.25, -0.2) is 0 Å². The fourth-order valence-electron chi connectivity index (χ4n) is 4.10. The molecule has 1 saturated heterocycles. The summed E-state index contributed by atoms with van der Waals surface area (Å²) in [5, 5.41) is 7.38. The van der Waals surface area contributed by atoms with E-state index < -0.39 is 0 Å². The standard InChI is InChI=1S/C22H27N5O/c1-15-13-18(9-10-20(15)26-11-5-6-12-26)24-21(28)19-14-23-25(4)22(19)27-16(2)7-8-17(27)3/h7-10,13-14H,5-6,11-12H2,1-4H3,(H,24,28). The first-order valence-electron chi connectivity index (χ1n) is 9.80. The number of carbonyl (C=O) groups is 1. The molecule has 4 rings (SSSR count). The molecule has 1 aliphatic rings. The van der Waals surface area contributed by atoms with Gasteiger partial charge in [0.2, 0.25) is 0 Å². The van der Waals surface area contributed by atoms with Crippen LogP contribution in [-0.2, 0) is 7.05 Å². The van der Waals surface area contributed by atoms with Crippen molar-refractivity contribution in [2.24, 2.45) is 7.05 Å². The second kappa shape index (κ2) is 7.19. The molecule has 3 heterocycles. The number of carbonyl (C=O) groups excluding carboxylic acids is 1. The average molecular weight is 377 g/mol. The SMILES string of the molecule is Cc1cc(NC(=O)c2cnn(C)c2-n2c(C)ccc2C)ccc1N1CCCC1. The Hall–Kier alpha value is -3.02. The number of hydrogen-bond donors (Lipinski definition) is 1. The van der Waals surface area contributed by atoms with Gasteiger partial charge in [-0.2, -0.15) is 5.10 Å². The molecule has 0 spiro atoms. The second-order valence-electron chi connectivity index (χ2n) is 7.61. The Balaban J connectivity index is 1.61. The van der Waals surface area contributed by atoms with Gasteiger partial charge in [0.05, 0.1) is 6.20 Å². The van der Waals surface area contributed by atoms with Gasteiger partial charge >= 0.3 is 0 Å². The van der Waals surface area contributed by atoms with Crippen molar-refractivity contribution in [1.29, 1.82) is 0 Å². The summed E-state index contributed by atoms with van der Waals surface area (Å²) in [6.07, 6.45) is 4.13. The molecule has 0 bridgehead atoms. The lowest BCUT2D eigenvalue weighted by molar-refractivity contribution is 0.102. The predicted octanol–water partition coefficient (Wildman–Crippen LogP) is 3.99. The number of amides is 1. The summed E-state index contributed by atoms with van der Waals surface area (Å²) in [4.78, 5) is 15.4. The smallest absolute Gasteiger partial charge is 0.261 e. The molecular weight excluding hydrogens is 350 g/mol. The second-order valence-corrected chi connectivity index (χ2v) is 7.61. The number of aryl methyl sites for hydroxylation is 4. The number of aromatic nitrogens is 3. The Morgan fingerprint density at radius 3 is 2.36 bits per heavy atom. The molecule has 146 valence electrons. The van der Waals surface area contributed by atoms with E-state index in [2.05, 4.69) is 32.9 Å². The zero-order chi connectivity index (χ0) is 19.8. The van der Waals surface area contributed by atoms with Crippen LogP contribution in [0.15, 0.2) is 36.5 Å². The van der Waals surface area contributed by atoms with Gasteiger partial charge in [0.25, 0.3) is 5.91 Å². The summed E-state index contributed by atoms with van der Waals surface area (Å²) >= 11 is 0. The van der Waals surface area contributed by atoms with Crippen LogP contribution in [0.5, 0.6) is 0 Å². The molecule has 1 aromatic carbocycles. The highest BCUT2D eigenvalue weighted by molar-refractivity contribution is 6.06. The zero-order valence-electron chi connectivity index (χ0n) is 17.0. The Morgan fingerprint density at radius 2 is 1.71 bits per heavy atom. The maximum Gasteiger partial charge on any atom is 0.261 e. The van der Waals surface area contributed by atoms with Crippen LogP contribution < -0.4 is 10.2 Å². The number of rotatable bonds is 4. The molecule has 1 aliphatic heterocycles. The highest BCUT2D eigenvalue weighted by Crippen LogP contribution is 2.27. The molecule has 1 fully saturated rings. The quantitative estimate of drug-likeness (QED) is 0.748. The third-order valence-corrected chi connectivity index (χ3v) is 5.54. The monoisotopic (exact) mass is 377 g/mol. The summed E-state index contributed by atoms with van der Waals surface area (Å²) in [5.74, 6) is 0.631. The molecule has 6 heteroatoms. The van der Waals surface area contributed by atoms with Crippen molar-refractivity contribution in [2.45, 2.75) is 33.6 Å². The van der Waals surface area contributed by atoms with Gasteiger partial charge in [-0.3, -0.25) is 9.48 Å². The normalized spacial score (nSPS) is 13.9. The average Bonchev–Trinajstić information content (AvgIpc) is 3.37. The lowest BCUT2D eigenvalue weighted by atomic mass is 10.1. The minimum atomic E-state index is -0.149. The molecule has 1 amide bonds. The van der Waals surface area contributed by atoms with Crippen molar-refractivity contribution in [3.05, 3.63) is 59.0 Å². The van der Waals surface area contributed by atoms with Crippen LogP contribution in [0.3, 0.4) is 0 Å². The van der Waals surface area contributed by atoms with Crippen molar-refractivity contribution < 1.29 is 4.79 Å². The Morgan fingerprint density at radius 1 is 1.04 bits per heavy atom. The zero-order valence-corrected chi connectivity index (χ0v) is 17.0. The van der Waals surface area contributed by atoms with Gasteiger partial charge in [0.1, 0.15) is 11.4 Å². The lowest BCUT2D eigenvalue weighted by Gasteiger charge is -2.20. The van der Waals surface area contributed by atoms with Crippen LogP contribution in [0, 0.1) is 20.8 Å².